The van der Waals surface area contributed by atoms with Gasteiger partial charge in [-0.15, -0.1) is 0 Å². The summed E-state index contributed by atoms with van der Waals surface area (Å²) in [4.78, 5) is 11.4. The largest absolute Gasteiger partial charge is 0.468 e. The van der Waals surface area contributed by atoms with Crippen LogP contribution >= 0.6 is 0 Å². The molecule has 0 radical (unpaired) electrons. The van der Waals surface area contributed by atoms with Crippen LogP contribution in [0.2, 0.25) is 0 Å². The van der Waals surface area contributed by atoms with E-state index in [1.807, 2.05) is 0 Å². The van der Waals surface area contributed by atoms with Crippen molar-refractivity contribution in [2.75, 3.05) is 7.11 Å². The molecule has 0 aliphatic heterocycles. The highest BCUT2D eigenvalue weighted by Crippen LogP contribution is 2.18. The summed E-state index contributed by atoms with van der Waals surface area (Å²) < 4.78 is 44.6. The molecule has 1 aromatic rings. The third-order valence-electron chi connectivity index (χ3n) is 2.84. The van der Waals surface area contributed by atoms with Gasteiger partial charge in [0.05, 0.1) is 12.0 Å². The zero-order chi connectivity index (χ0) is 15.5. The smallest absolute Gasteiger partial charge is 0.324 e. The number of aryl methyl sites for hydroxylation is 1. The standard InChI is InChI=1S/C13H18FNO4S/c1-8(2)12(13(16)19-4)15-20(17,18)11-7-10(14)6-5-9(11)3/h5-8,12,15H,1-4H3. The second-order valence-corrected chi connectivity index (χ2v) is 6.46. The summed E-state index contributed by atoms with van der Waals surface area (Å²) in [5.74, 6) is -1.64. The number of rotatable bonds is 5. The van der Waals surface area contributed by atoms with Crippen molar-refractivity contribution >= 4 is 16.0 Å². The fourth-order valence-corrected chi connectivity index (χ4v) is 3.27. The lowest BCUT2D eigenvalue weighted by molar-refractivity contribution is -0.143. The van der Waals surface area contributed by atoms with Crippen molar-refractivity contribution in [1.82, 2.24) is 4.72 Å². The average molecular weight is 303 g/mol. The number of hydrogen-bond donors (Lipinski definition) is 1. The maximum atomic E-state index is 13.2. The molecule has 0 aliphatic rings. The quantitative estimate of drug-likeness (QED) is 0.839. The van der Waals surface area contributed by atoms with Gasteiger partial charge in [0.15, 0.2) is 0 Å². The summed E-state index contributed by atoms with van der Waals surface area (Å²) in [6.07, 6.45) is 0. The molecule has 0 aliphatic carbocycles. The van der Waals surface area contributed by atoms with Crippen molar-refractivity contribution < 1.29 is 22.3 Å². The van der Waals surface area contributed by atoms with Crippen LogP contribution < -0.4 is 4.72 Å². The topological polar surface area (TPSA) is 72.5 Å². The van der Waals surface area contributed by atoms with Gasteiger partial charge in [0, 0.05) is 0 Å². The second-order valence-electron chi connectivity index (χ2n) is 4.78. The third-order valence-corrected chi connectivity index (χ3v) is 4.43. The van der Waals surface area contributed by atoms with Gasteiger partial charge in [0.2, 0.25) is 10.0 Å². The summed E-state index contributed by atoms with van der Waals surface area (Å²) in [6, 6.07) is 2.44. The first-order chi connectivity index (χ1) is 9.19. The highest BCUT2D eigenvalue weighted by Gasteiger charge is 2.29. The molecule has 0 spiro atoms. The Morgan fingerprint density at radius 2 is 1.95 bits per heavy atom. The molecule has 1 N–H and O–H groups in total. The molecular weight excluding hydrogens is 285 g/mol. The van der Waals surface area contributed by atoms with Gasteiger partial charge in [-0.3, -0.25) is 4.79 Å². The van der Waals surface area contributed by atoms with Gasteiger partial charge in [0.1, 0.15) is 11.9 Å². The second kappa shape index (κ2) is 6.32. The third kappa shape index (κ3) is 3.77. The summed E-state index contributed by atoms with van der Waals surface area (Å²) >= 11 is 0. The number of esters is 1. The Morgan fingerprint density at radius 1 is 1.35 bits per heavy atom. The van der Waals surface area contributed by atoms with Crippen LogP contribution in [0.3, 0.4) is 0 Å². The summed E-state index contributed by atoms with van der Waals surface area (Å²) in [5, 5.41) is 0. The molecule has 7 heteroatoms. The van der Waals surface area contributed by atoms with Crippen LogP contribution in [-0.2, 0) is 19.6 Å². The van der Waals surface area contributed by atoms with Gasteiger partial charge in [-0.05, 0) is 30.5 Å². The Kier molecular flexibility index (Phi) is 5.24. The van der Waals surface area contributed by atoms with E-state index in [1.165, 1.54) is 19.2 Å². The van der Waals surface area contributed by atoms with Crippen molar-refractivity contribution in [2.45, 2.75) is 31.7 Å². The van der Waals surface area contributed by atoms with E-state index in [4.69, 9.17) is 0 Å². The van der Waals surface area contributed by atoms with Crippen LogP contribution in [0, 0.1) is 18.7 Å². The van der Waals surface area contributed by atoms with Crippen LogP contribution in [0.15, 0.2) is 23.1 Å². The van der Waals surface area contributed by atoms with E-state index in [0.717, 1.165) is 6.07 Å². The maximum absolute atomic E-state index is 13.2. The molecule has 0 saturated heterocycles. The zero-order valence-electron chi connectivity index (χ0n) is 11.8. The maximum Gasteiger partial charge on any atom is 0.324 e. The molecule has 0 saturated carbocycles. The molecular formula is C13H18FNO4S. The minimum atomic E-state index is -4.00. The lowest BCUT2D eigenvalue weighted by Crippen LogP contribution is -2.45. The van der Waals surface area contributed by atoms with Crippen molar-refractivity contribution in [2.24, 2.45) is 5.92 Å². The molecule has 0 bridgehead atoms. The monoisotopic (exact) mass is 303 g/mol. The molecule has 0 aromatic heterocycles. The van der Waals surface area contributed by atoms with Gasteiger partial charge >= 0.3 is 5.97 Å². The highest BCUT2D eigenvalue weighted by molar-refractivity contribution is 7.89. The highest BCUT2D eigenvalue weighted by atomic mass is 32.2. The molecule has 1 aromatic carbocycles. The lowest BCUT2D eigenvalue weighted by Gasteiger charge is -2.20. The van der Waals surface area contributed by atoms with Crippen LogP contribution in [-0.4, -0.2) is 27.5 Å². The Balaban J connectivity index is 3.16. The van der Waals surface area contributed by atoms with Crippen LogP contribution in [0.25, 0.3) is 0 Å². The Hall–Kier alpha value is -1.47. The van der Waals surface area contributed by atoms with Crippen molar-refractivity contribution in [1.29, 1.82) is 0 Å². The van der Waals surface area contributed by atoms with Gasteiger partial charge in [-0.25, -0.2) is 12.8 Å². The molecule has 5 nitrogen and oxygen atoms in total. The first kappa shape index (κ1) is 16.6. The van der Waals surface area contributed by atoms with Gasteiger partial charge in [0.25, 0.3) is 0 Å². The van der Waals surface area contributed by atoms with Gasteiger partial charge in [-0.2, -0.15) is 4.72 Å². The first-order valence-corrected chi connectivity index (χ1v) is 7.53. The summed E-state index contributed by atoms with van der Waals surface area (Å²) in [7, 11) is -2.82. The molecule has 0 heterocycles. The number of methoxy groups -OCH3 is 1. The molecule has 0 fully saturated rings. The van der Waals surface area contributed by atoms with Gasteiger partial charge in [-0.1, -0.05) is 19.9 Å². The Bertz CT molecular complexity index is 598. The first-order valence-electron chi connectivity index (χ1n) is 6.05. The SMILES string of the molecule is COC(=O)C(NS(=O)(=O)c1cc(F)ccc1C)C(C)C. The molecule has 20 heavy (non-hydrogen) atoms. The minimum absolute atomic E-state index is 0.188. The number of sulfonamides is 1. The van der Waals surface area contributed by atoms with E-state index in [1.54, 1.807) is 20.8 Å². The fourth-order valence-electron chi connectivity index (χ4n) is 1.68. The molecule has 0 amide bonds. The number of ether oxygens (including phenoxy) is 1. The summed E-state index contributed by atoms with van der Waals surface area (Å²) in [6.45, 7) is 4.92. The normalized spacial score (nSPS) is 13.3. The number of benzene rings is 1. The van der Waals surface area contributed by atoms with E-state index in [2.05, 4.69) is 9.46 Å². The molecule has 112 valence electrons. The fraction of sp³-hybridized carbons (Fsp3) is 0.462. The van der Waals surface area contributed by atoms with Crippen LogP contribution in [0.5, 0.6) is 0 Å². The predicted octanol–water partition coefficient (Wildman–Crippen LogP) is 1.61. The van der Waals surface area contributed by atoms with E-state index in [9.17, 15) is 17.6 Å². The Morgan fingerprint density at radius 3 is 2.45 bits per heavy atom. The number of hydrogen-bond acceptors (Lipinski definition) is 4. The van der Waals surface area contributed by atoms with Crippen molar-refractivity contribution in [3.63, 3.8) is 0 Å². The number of halogens is 1. The minimum Gasteiger partial charge on any atom is -0.468 e. The van der Waals surface area contributed by atoms with Crippen molar-refractivity contribution in [3.8, 4) is 0 Å². The van der Waals surface area contributed by atoms with E-state index in [-0.39, 0.29) is 10.8 Å². The number of nitrogens with one attached hydrogen (secondary N) is 1. The molecule has 1 atom stereocenters. The molecule has 1 unspecified atom stereocenters. The van der Waals surface area contributed by atoms with Gasteiger partial charge < -0.3 is 4.74 Å². The predicted molar refractivity (Wildman–Crippen MR) is 72.1 cm³/mol. The number of carbonyl (C=O) groups is 1. The average Bonchev–Trinajstić information content (AvgIpc) is 2.37. The van der Waals surface area contributed by atoms with Crippen molar-refractivity contribution in [3.05, 3.63) is 29.6 Å². The number of carbonyl (C=O) groups excluding carboxylic acids is 1. The zero-order valence-corrected chi connectivity index (χ0v) is 12.6. The van der Waals surface area contributed by atoms with Crippen LogP contribution in [0.1, 0.15) is 19.4 Å². The lowest BCUT2D eigenvalue weighted by atomic mass is 10.1. The van der Waals surface area contributed by atoms with Crippen LogP contribution in [0.4, 0.5) is 4.39 Å². The molecule has 1 rings (SSSR count). The van der Waals surface area contributed by atoms with E-state index < -0.39 is 27.9 Å². The summed E-state index contributed by atoms with van der Waals surface area (Å²) in [5.41, 5.74) is 0.395. The Labute approximate surface area is 118 Å². The van der Waals surface area contributed by atoms with E-state index >= 15 is 0 Å². The van der Waals surface area contributed by atoms with E-state index in [0.29, 0.717) is 5.56 Å².